The van der Waals surface area contributed by atoms with Crippen LogP contribution in [0.3, 0.4) is 0 Å². The second-order valence-electron chi connectivity index (χ2n) is 6.12. The van der Waals surface area contributed by atoms with Crippen LogP contribution in [0.1, 0.15) is 13.3 Å². The van der Waals surface area contributed by atoms with E-state index < -0.39 is 0 Å². The van der Waals surface area contributed by atoms with Gasteiger partial charge in [0, 0.05) is 23.9 Å². The van der Waals surface area contributed by atoms with E-state index in [-0.39, 0.29) is 5.91 Å². The summed E-state index contributed by atoms with van der Waals surface area (Å²) >= 11 is 0. The molecule has 1 aliphatic rings. The number of carbonyl (C=O) groups excluding carboxylic acids is 1. The van der Waals surface area contributed by atoms with Crippen LogP contribution in [-0.2, 0) is 4.79 Å². The molecule has 1 aromatic heterocycles. The third-order valence-corrected chi connectivity index (χ3v) is 4.28. The second kappa shape index (κ2) is 6.02. The zero-order chi connectivity index (χ0) is 17.4. The second-order valence-corrected chi connectivity index (χ2v) is 6.12. The van der Waals surface area contributed by atoms with Gasteiger partial charge in [0.05, 0.1) is 6.42 Å². The fourth-order valence-electron chi connectivity index (χ4n) is 3.02. The first-order valence-corrected chi connectivity index (χ1v) is 8.20. The number of anilines is 1. The lowest BCUT2D eigenvalue weighted by molar-refractivity contribution is -0.117. The van der Waals surface area contributed by atoms with E-state index in [0.717, 1.165) is 28.2 Å². The third kappa shape index (κ3) is 2.63. The number of amides is 1. The van der Waals surface area contributed by atoms with Crippen molar-refractivity contribution in [2.24, 2.45) is 5.10 Å². The molecule has 3 aromatic rings. The number of benzene rings is 2. The number of fused-ring (bicyclic) bond motifs is 1. The Bertz CT molecular complexity index is 958. The first kappa shape index (κ1) is 15.3. The van der Waals surface area contributed by atoms with Crippen molar-refractivity contribution in [3.8, 4) is 22.5 Å². The van der Waals surface area contributed by atoms with E-state index in [9.17, 15) is 4.79 Å². The highest BCUT2D eigenvalue weighted by Crippen LogP contribution is 2.36. The minimum absolute atomic E-state index is 0.00998. The summed E-state index contributed by atoms with van der Waals surface area (Å²) in [4.78, 5) is 18.7. The Morgan fingerprint density at radius 3 is 2.16 bits per heavy atom. The average molecular weight is 330 g/mol. The summed E-state index contributed by atoms with van der Waals surface area (Å²) in [5, 5.41) is 4.67. The minimum atomic E-state index is -0.00998. The topological polar surface area (TPSA) is 50.5 Å². The van der Waals surface area contributed by atoms with E-state index in [1.54, 1.807) is 16.6 Å². The molecular formula is C20H18N4O. The first-order valence-electron chi connectivity index (χ1n) is 8.20. The Morgan fingerprint density at radius 2 is 1.52 bits per heavy atom. The third-order valence-electron chi connectivity index (χ3n) is 4.28. The zero-order valence-electron chi connectivity index (χ0n) is 14.2. The number of rotatable bonds is 2. The van der Waals surface area contributed by atoms with Crippen LogP contribution in [0, 0.1) is 0 Å². The van der Waals surface area contributed by atoms with Crippen molar-refractivity contribution in [3.05, 3.63) is 60.7 Å². The van der Waals surface area contributed by atoms with E-state index in [0.29, 0.717) is 12.4 Å². The fraction of sp³-hybridized carbons (Fsp3) is 0.150. The van der Waals surface area contributed by atoms with Crippen molar-refractivity contribution in [2.75, 3.05) is 11.9 Å². The van der Waals surface area contributed by atoms with Gasteiger partial charge >= 0.3 is 0 Å². The molecule has 0 atom stereocenters. The molecule has 0 saturated carbocycles. The highest BCUT2D eigenvalue weighted by Gasteiger charge is 2.27. The number of carbonyl (C=O) groups is 1. The van der Waals surface area contributed by atoms with Gasteiger partial charge in [0.1, 0.15) is 11.4 Å². The van der Waals surface area contributed by atoms with E-state index in [1.165, 1.54) is 0 Å². The fourth-order valence-corrected chi connectivity index (χ4v) is 3.02. The molecule has 0 bridgehead atoms. The lowest BCUT2D eigenvalue weighted by Gasteiger charge is -2.12. The normalized spacial score (nSPS) is 14.1. The first-order chi connectivity index (χ1) is 12.1. The molecule has 2 aromatic carbocycles. The summed E-state index contributed by atoms with van der Waals surface area (Å²) < 4.78 is 1.79. The molecule has 0 radical (unpaired) electrons. The molecule has 1 aliphatic heterocycles. The predicted molar refractivity (Wildman–Crippen MR) is 99.6 cm³/mol. The highest BCUT2D eigenvalue weighted by atomic mass is 16.2. The molecular weight excluding hydrogens is 312 g/mol. The van der Waals surface area contributed by atoms with Gasteiger partial charge in [-0.25, -0.2) is 4.98 Å². The number of nitrogens with zero attached hydrogens (tertiary/aromatic N) is 4. The predicted octanol–water partition coefficient (Wildman–Crippen LogP) is 3.81. The number of aromatic nitrogens is 2. The molecule has 2 heterocycles. The summed E-state index contributed by atoms with van der Waals surface area (Å²) in [5.74, 6) is 0.531. The lowest BCUT2D eigenvalue weighted by atomic mass is 10.1. The molecule has 1 amide bonds. The van der Waals surface area contributed by atoms with Crippen LogP contribution in [0.4, 0.5) is 5.95 Å². The van der Waals surface area contributed by atoms with Crippen LogP contribution in [0.15, 0.2) is 65.8 Å². The molecule has 5 heteroatoms. The van der Waals surface area contributed by atoms with Crippen LogP contribution in [0.25, 0.3) is 22.5 Å². The standard InChI is InChI=1S/C20H18N4O/c1-14-13-17(25)23(2)20-21-18(15-9-5-3-6-10-15)19(24(20)22-14)16-11-7-4-8-12-16/h3-12H,13H2,1-2H3. The molecule has 0 spiro atoms. The molecule has 0 saturated heterocycles. The minimum Gasteiger partial charge on any atom is -0.283 e. The Kier molecular flexibility index (Phi) is 3.69. The van der Waals surface area contributed by atoms with Crippen LogP contribution >= 0.6 is 0 Å². The van der Waals surface area contributed by atoms with Gasteiger partial charge in [0.15, 0.2) is 0 Å². The molecule has 124 valence electrons. The maximum absolute atomic E-state index is 12.4. The SMILES string of the molecule is CC1=Nn2c(nc(-c3ccccc3)c2-c2ccccc2)N(C)C(=O)C1. The Balaban J connectivity index is 2.05. The Morgan fingerprint density at radius 1 is 0.920 bits per heavy atom. The van der Waals surface area contributed by atoms with E-state index in [2.05, 4.69) is 5.10 Å². The smallest absolute Gasteiger partial charge is 0.234 e. The van der Waals surface area contributed by atoms with Crippen molar-refractivity contribution >= 4 is 17.6 Å². The summed E-state index contributed by atoms with van der Waals surface area (Å²) in [7, 11) is 1.75. The van der Waals surface area contributed by atoms with Crippen molar-refractivity contribution in [3.63, 3.8) is 0 Å². The molecule has 4 rings (SSSR count). The van der Waals surface area contributed by atoms with Gasteiger partial charge in [0.2, 0.25) is 11.9 Å². The monoisotopic (exact) mass is 330 g/mol. The Hall–Kier alpha value is -3.21. The van der Waals surface area contributed by atoms with E-state index in [1.807, 2.05) is 67.6 Å². The van der Waals surface area contributed by atoms with Gasteiger partial charge < -0.3 is 0 Å². The summed E-state index contributed by atoms with van der Waals surface area (Å²) in [6, 6.07) is 20.0. The molecule has 0 N–H and O–H groups in total. The van der Waals surface area contributed by atoms with Gasteiger partial charge in [-0.15, -0.1) is 0 Å². The number of hydrogen-bond donors (Lipinski definition) is 0. The van der Waals surface area contributed by atoms with Crippen molar-refractivity contribution < 1.29 is 4.79 Å². The number of hydrogen-bond acceptors (Lipinski definition) is 3. The Labute approximate surface area is 146 Å². The van der Waals surface area contributed by atoms with Crippen molar-refractivity contribution in [1.82, 2.24) is 9.66 Å². The number of imidazole rings is 1. The van der Waals surface area contributed by atoms with Crippen LogP contribution in [0.2, 0.25) is 0 Å². The van der Waals surface area contributed by atoms with Crippen molar-refractivity contribution in [2.45, 2.75) is 13.3 Å². The lowest BCUT2D eigenvalue weighted by Crippen LogP contribution is -2.27. The van der Waals surface area contributed by atoms with Crippen molar-refractivity contribution in [1.29, 1.82) is 0 Å². The summed E-state index contributed by atoms with van der Waals surface area (Å²) in [5.41, 5.74) is 4.49. The van der Waals surface area contributed by atoms with Gasteiger partial charge in [-0.1, -0.05) is 60.7 Å². The maximum Gasteiger partial charge on any atom is 0.234 e. The summed E-state index contributed by atoms with van der Waals surface area (Å²) in [6.45, 7) is 1.87. The largest absolute Gasteiger partial charge is 0.283 e. The zero-order valence-corrected chi connectivity index (χ0v) is 14.2. The molecule has 25 heavy (non-hydrogen) atoms. The van der Waals surface area contributed by atoms with Gasteiger partial charge in [-0.05, 0) is 6.92 Å². The molecule has 0 aliphatic carbocycles. The molecule has 5 nitrogen and oxygen atoms in total. The highest BCUT2D eigenvalue weighted by molar-refractivity contribution is 6.07. The van der Waals surface area contributed by atoms with Crippen LogP contribution in [-0.4, -0.2) is 28.3 Å². The maximum atomic E-state index is 12.4. The molecule has 0 fully saturated rings. The molecule has 0 unspecified atom stereocenters. The average Bonchev–Trinajstić information content (AvgIpc) is 2.96. The van der Waals surface area contributed by atoms with E-state index >= 15 is 0 Å². The van der Waals surface area contributed by atoms with Gasteiger partial charge in [-0.2, -0.15) is 9.78 Å². The van der Waals surface area contributed by atoms with Crippen LogP contribution < -0.4 is 4.90 Å². The van der Waals surface area contributed by atoms with Crippen LogP contribution in [0.5, 0.6) is 0 Å². The van der Waals surface area contributed by atoms with E-state index in [4.69, 9.17) is 4.98 Å². The van der Waals surface area contributed by atoms with Gasteiger partial charge in [0.25, 0.3) is 0 Å². The van der Waals surface area contributed by atoms with Gasteiger partial charge in [-0.3, -0.25) is 9.69 Å². The summed E-state index contributed by atoms with van der Waals surface area (Å²) in [6.07, 6.45) is 0.300. The quantitative estimate of drug-likeness (QED) is 0.717.